The van der Waals surface area contributed by atoms with E-state index in [4.69, 9.17) is 0 Å². The first kappa shape index (κ1) is 10.3. The number of allylic oxidation sites excluding steroid dienone is 2. The largest absolute Gasteiger partial charge is 0.386 e. The number of carbonyl (C=O) groups is 1. The SMILES string of the molecule is CC(C)NC1=CC(=O)CC(C)(C)C1. The first-order valence-corrected chi connectivity index (χ1v) is 4.89. The summed E-state index contributed by atoms with van der Waals surface area (Å²) in [6, 6.07) is 0.410. The Morgan fingerprint density at radius 1 is 1.38 bits per heavy atom. The van der Waals surface area contributed by atoms with Crippen molar-refractivity contribution in [2.24, 2.45) is 5.41 Å². The van der Waals surface area contributed by atoms with Gasteiger partial charge in [-0.1, -0.05) is 13.8 Å². The molecule has 1 aliphatic carbocycles. The van der Waals surface area contributed by atoms with Gasteiger partial charge in [-0.15, -0.1) is 0 Å². The minimum Gasteiger partial charge on any atom is -0.386 e. The summed E-state index contributed by atoms with van der Waals surface area (Å²) in [5, 5.41) is 3.31. The molecule has 0 heterocycles. The van der Waals surface area contributed by atoms with Gasteiger partial charge in [0.25, 0.3) is 0 Å². The maximum Gasteiger partial charge on any atom is 0.157 e. The molecule has 74 valence electrons. The van der Waals surface area contributed by atoms with Gasteiger partial charge in [0.05, 0.1) is 0 Å². The lowest BCUT2D eigenvalue weighted by Crippen LogP contribution is -2.31. The molecule has 1 N–H and O–H groups in total. The van der Waals surface area contributed by atoms with Crippen LogP contribution in [0.3, 0.4) is 0 Å². The van der Waals surface area contributed by atoms with E-state index < -0.39 is 0 Å². The molecule has 0 spiro atoms. The van der Waals surface area contributed by atoms with Gasteiger partial charge < -0.3 is 5.32 Å². The average Bonchev–Trinajstić information content (AvgIpc) is 1.78. The van der Waals surface area contributed by atoms with Gasteiger partial charge in [-0.05, 0) is 25.7 Å². The summed E-state index contributed by atoms with van der Waals surface area (Å²) < 4.78 is 0. The second-order valence-corrected chi connectivity index (χ2v) is 4.95. The van der Waals surface area contributed by atoms with Crippen LogP contribution in [0.25, 0.3) is 0 Å². The summed E-state index contributed by atoms with van der Waals surface area (Å²) in [7, 11) is 0. The van der Waals surface area contributed by atoms with E-state index in [9.17, 15) is 4.79 Å². The Labute approximate surface area is 80.4 Å². The van der Waals surface area contributed by atoms with Crippen LogP contribution in [0.1, 0.15) is 40.5 Å². The zero-order valence-corrected chi connectivity index (χ0v) is 8.98. The summed E-state index contributed by atoms with van der Waals surface area (Å²) >= 11 is 0. The van der Waals surface area contributed by atoms with Crippen molar-refractivity contribution in [2.45, 2.75) is 46.6 Å². The van der Waals surface area contributed by atoms with Crippen molar-refractivity contribution in [1.82, 2.24) is 5.32 Å². The molecule has 0 bridgehead atoms. The van der Waals surface area contributed by atoms with Gasteiger partial charge in [0.15, 0.2) is 5.78 Å². The number of rotatable bonds is 2. The first-order valence-electron chi connectivity index (χ1n) is 4.89. The lowest BCUT2D eigenvalue weighted by Gasteiger charge is -2.30. The molecular weight excluding hydrogens is 162 g/mol. The van der Waals surface area contributed by atoms with Gasteiger partial charge >= 0.3 is 0 Å². The first-order chi connectivity index (χ1) is 5.89. The molecule has 0 saturated carbocycles. The molecule has 1 rings (SSSR count). The van der Waals surface area contributed by atoms with Gasteiger partial charge in [0, 0.05) is 24.2 Å². The van der Waals surface area contributed by atoms with Crippen LogP contribution in [0.15, 0.2) is 11.8 Å². The number of carbonyl (C=O) groups excluding carboxylic acids is 1. The zero-order valence-electron chi connectivity index (χ0n) is 8.98. The highest BCUT2D eigenvalue weighted by Gasteiger charge is 2.27. The van der Waals surface area contributed by atoms with E-state index in [1.165, 1.54) is 0 Å². The quantitative estimate of drug-likeness (QED) is 0.708. The summed E-state index contributed by atoms with van der Waals surface area (Å²) in [6.07, 6.45) is 3.42. The van der Waals surface area contributed by atoms with Gasteiger partial charge in [-0.2, -0.15) is 0 Å². The van der Waals surface area contributed by atoms with Gasteiger partial charge in [0.1, 0.15) is 0 Å². The normalized spacial score (nSPS) is 21.6. The van der Waals surface area contributed by atoms with Crippen molar-refractivity contribution in [3.05, 3.63) is 11.8 Å². The Morgan fingerprint density at radius 3 is 2.46 bits per heavy atom. The fourth-order valence-corrected chi connectivity index (χ4v) is 1.81. The van der Waals surface area contributed by atoms with Crippen molar-refractivity contribution < 1.29 is 4.79 Å². The van der Waals surface area contributed by atoms with E-state index in [-0.39, 0.29) is 11.2 Å². The Morgan fingerprint density at radius 2 is 2.00 bits per heavy atom. The molecule has 0 atom stereocenters. The van der Waals surface area contributed by atoms with Crippen molar-refractivity contribution >= 4 is 5.78 Å². The van der Waals surface area contributed by atoms with Crippen LogP contribution < -0.4 is 5.32 Å². The van der Waals surface area contributed by atoms with Crippen LogP contribution in [0.5, 0.6) is 0 Å². The van der Waals surface area contributed by atoms with Crippen LogP contribution in [0, 0.1) is 5.41 Å². The van der Waals surface area contributed by atoms with Crippen LogP contribution in [0.4, 0.5) is 0 Å². The lowest BCUT2D eigenvalue weighted by molar-refractivity contribution is -0.117. The fraction of sp³-hybridized carbons (Fsp3) is 0.727. The van der Waals surface area contributed by atoms with Crippen molar-refractivity contribution in [2.75, 3.05) is 0 Å². The van der Waals surface area contributed by atoms with Crippen LogP contribution in [-0.4, -0.2) is 11.8 Å². The van der Waals surface area contributed by atoms with Gasteiger partial charge in [0.2, 0.25) is 0 Å². The average molecular weight is 181 g/mol. The Balaban J connectivity index is 2.70. The highest BCUT2D eigenvalue weighted by atomic mass is 16.1. The highest BCUT2D eigenvalue weighted by molar-refractivity contribution is 5.91. The zero-order chi connectivity index (χ0) is 10.1. The fourth-order valence-electron chi connectivity index (χ4n) is 1.81. The third-order valence-electron chi connectivity index (χ3n) is 2.13. The molecule has 0 radical (unpaired) electrons. The molecule has 0 unspecified atom stereocenters. The van der Waals surface area contributed by atoms with E-state index in [0.29, 0.717) is 12.5 Å². The van der Waals surface area contributed by atoms with Crippen molar-refractivity contribution in [1.29, 1.82) is 0 Å². The van der Waals surface area contributed by atoms with E-state index in [1.54, 1.807) is 6.08 Å². The van der Waals surface area contributed by atoms with E-state index >= 15 is 0 Å². The third kappa shape index (κ3) is 3.21. The smallest absolute Gasteiger partial charge is 0.157 e. The summed E-state index contributed by atoms with van der Waals surface area (Å²) in [4.78, 5) is 11.4. The molecule has 1 aliphatic rings. The van der Waals surface area contributed by atoms with E-state index in [2.05, 4.69) is 33.0 Å². The predicted molar refractivity (Wildman–Crippen MR) is 54.4 cm³/mol. The van der Waals surface area contributed by atoms with E-state index in [1.807, 2.05) is 0 Å². The van der Waals surface area contributed by atoms with Crippen LogP contribution in [0.2, 0.25) is 0 Å². The monoisotopic (exact) mass is 181 g/mol. The number of ketones is 1. The van der Waals surface area contributed by atoms with Crippen molar-refractivity contribution in [3.8, 4) is 0 Å². The van der Waals surface area contributed by atoms with Gasteiger partial charge in [-0.25, -0.2) is 0 Å². The summed E-state index contributed by atoms with van der Waals surface area (Å²) in [5.74, 6) is 0.249. The molecule has 0 aromatic carbocycles. The molecule has 13 heavy (non-hydrogen) atoms. The molecule has 0 aromatic rings. The number of hydrogen-bond acceptors (Lipinski definition) is 2. The molecule has 0 saturated heterocycles. The second-order valence-electron chi connectivity index (χ2n) is 4.95. The summed E-state index contributed by atoms with van der Waals surface area (Å²) in [6.45, 7) is 8.46. The molecule has 0 aromatic heterocycles. The Kier molecular flexibility index (Phi) is 2.79. The standard InChI is InChI=1S/C11H19NO/c1-8(2)12-9-5-10(13)7-11(3,4)6-9/h5,8,12H,6-7H2,1-4H3. The summed E-state index contributed by atoms with van der Waals surface area (Å²) in [5.41, 5.74) is 1.22. The molecular formula is C11H19NO. The van der Waals surface area contributed by atoms with Crippen molar-refractivity contribution in [3.63, 3.8) is 0 Å². The van der Waals surface area contributed by atoms with Crippen LogP contribution >= 0.6 is 0 Å². The Bertz CT molecular complexity index is 238. The maximum absolute atomic E-state index is 11.4. The minimum absolute atomic E-state index is 0.128. The molecule has 0 aliphatic heterocycles. The second kappa shape index (κ2) is 3.52. The van der Waals surface area contributed by atoms with E-state index in [0.717, 1.165) is 12.1 Å². The predicted octanol–water partition coefficient (Wildman–Crippen LogP) is 2.26. The maximum atomic E-state index is 11.4. The lowest BCUT2D eigenvalue weighted by atomic mass is 9.79. The molecule has 2 nitrogen and oxygen atoms in total. The molecule has 0 fully saturated rings. The number of hydrogen-bond donors (Lipinski definition) is 1. The molecule has 2 heteroatoms. The third-order valence-corrected chi connectivity index (χ3v) is 2.13. The topological polar surface area (TPSA) is 29.1 Å². The molecule has 0 amide bonds. The van der Waals surface area contributed by atoms with Gasteiger partial charge in [-0.3, -0.25) is 4.79 Å². The minimum atomic E-state index is 0.128. The highest BCUT2D eigenvalue weighted by Crippen LogP contribution is 2.32. The Hall–Kier alpha value is -0.790. The van der Waals surface area contributed by atoms with Crippen LogP contribution in [-0.2, 0) is 4.79 Å². The number of nitrogens with one attached hydrogen (secondary N) is 1.